The molecule has 0 N–H and O–H groups in total. The van der Waals surface area contributed by atoms with Crippen molar-refractivity contribution in [3.05, 3.63) is 21.9 Å². The Bertz CT molecular complexity index is 323. The molecular formula is C9H10ClNOS. The lowest BCUT2D eigenvalue weighted by atomic mass is 10.1. The summed E-state index contributed by atoms with van der Waals surface area (Å²) < 4.78 is 0. The van der Waals surface area contributed by atoms with E-state index >= 15 is 0 Å². The second kappa shape index (κ2) is 3.68. The van der Waals surface area contributed by atoms with Gasteiger partial charge >= 0.3 is 0 Å². The quantitative estimate of drug-likeness (QED) is 0.691. The Morgan fingerprint density at radius 2 is 2.46 bits per heavy atom. The van der Waals surface area contributed by atoms with Crippen LogP contribution in [0.1, 0.15) is 15.2 Å². The summed E-state index contributed by atoms with van der Waals surface area (Å²) in [6.45, 7) is 1.48. The maximum Gasteiger partial charge on any atom is 0.255 e. The van der Waals surface area contributed by atoms with E-state index in [1.165, 1.54) is 4.88 Å². The number of rotatable bonds is 2. The lowest BCUT2D eigenvalue weighted by Gasteiger charge is -2.25. The molecule has 0 radical (unpaired) electrons. The lowest BCUT2D eigenvalue weighted by molar-refractivity contribution is 0.0752. The highest BCUT2D eigenvalue weighted by molar-refractivity contribution is 7.10. The van der Waals surface area contributed by atoms with Gasteiger partial charge in [0.05, 0.1) is 5.56 Å². The zero-order valence-corrected chi connectivity index (χ0v) is 8.70. The Morgan fingerprint density at radius 3 is 3.23 bits per heavy atom. The summed E-state index contributed by atoms with van der Waals surface area (Å²) in [7, 11) is 0. The van der Waals surface area contributed by atoms with Gasteiger partial charge in [0.25, 0.3) is 5.91 Å². The first-order chi connectivity index (χ1) is 6.33. The number of hydrogen-bond donors (Lipinski definition) is 0. The van der Waals surface area contributed by atoms with E-state index in [-0.39, 0.29) is 5.91 Å². The van der Waals surface area contributed by atoms with Gasteiger partial charge in [-0.1, -0.05) is 0 Å². The number of carbonyl (C=O) groups excluding carboxylic acids is 1. The largest absolute Gasteiger partial charge is 0.337 e. The third-order valence-corrected chi connectivity index (χ3v) is 3.38. The zero-order chi connectivity index (χ0) is 9.26. The Hall–Kier alpha value is -0.540. The first-order valence-corrected chi connectivity index (χ1v) is 5.66. The Labute approximate surface area is 86.1 Å². The molecule has 2 rings (SSSR count). The fourth-order valence-electron chi connectivity index (χ4n) is 1.55. The van der Waals surface area contributed by atoms with E-state index in [4.69, 9.17) is 11.6 Å². The normalized spacial score (nSPS) is 16.1. The average Bonchev–Trinajstić information content (AvgIpc) is 2.58. The van der Waals surface area contributed by atoms with Crippen LogP contribution in [0.4, 0.5) is 0 Å². The minimum atomic E-state index is 0.142. The van der Waals surface area contributed by atoms with Gasteiger partial charge in [-0.05, 0) is 11.4 Å². The van der Waals surface area contributed by atoms with E-state index < -0.39 is 0 Å². The second-order valence-electron chi connectivity index (χ2n) is 2.99. The predicted octanol–water partition coefficient (Wildman–Crippen LogP) is 1.99. The van der Waals surface area contributed by atoms with Gasteiger partial charge in [-0.25, -0.2) is 0 Å². The molecule has 1 aromatic heterocycles. The number of halogens is 1. The monoisotopic (exact) mass is 215 g/mol. The number of amides is 1. The van der Waals surface area contributed by atoms with Gasteiger partial charge in [0.1, 0.15) is 0 Å². The molecule has 0 aliphatic carbocycles. The maximum atomic E-state index is 11.7. The molecule has 1 aromatic rings. The van der Waals surface area contributed by atoms with Crippen LogP contribution in [0.2, 0.25) is 0 Å². The Balaban J connectivity index is 2.22. The molecule has 70 valence electrons. The van der Waals surface area contributed by atoms with Crippen LogP contribution in [0.5, 0.6) is 0 Å². The molecule has 0 bridgehead atoms. The summed E-state index contributed by atoms with van der Waals surface area (Å²) in [5.41, 5.74) is 0.876. The van der Waals surface area contributed by atoms with E-state index in [2.05, 4.69) is 0 Å². The molecule has 0 saturated carbocycles. The summed E-state index contributed by atoms with van der Waals surface area (Å²) in [5, 5.41) is 1.98. The summed E-state index contributed by atoms with van der Waals surface area (Å²) in [6.07, 6.45) is 0.982. The van der Waals surface area contributed by atoms with Crippen LogP contribution in [-0.4, -0.2) is 29.8 Å². The molecule has 0 aromatic carbocycles. The van der Waals surface area contributed by atoms with E-state index in [9.17, 15) is 4.79 Å². The average molecular weight is 216 g/mol. The van der Waals surface area contributed by atoms with Crippen molar-refractivity contribution in [2.24, 2.45) is 0 Å². The van der Waals surface area contributed by atoms with Crippen LogP contribution in [-0.2, 0) is 6.42 Å². The minimum Gasteiger partial charge on any atom is -0.337 e. The molecule has 0 atom stereocenters. The van der Waals surface area contributed by atoms with Crippen LogP contribution in [0.3, 0.4) is 0 Å². The molecule has 1 aliphatic rings. The van der Waals surface area contributed by atoms with Crippen molar-refractivity contribution in [1.82, 2.24) is 4.90 Å². The van der Waals surface area contributed by atoms with Gasteiger partial charge in [0, 0.05) is 30.3 Å². The number of alkyl halides is 1. The molecule has 2 nitrogen and oxygen atoms in total. The van der Waals surface area contributed by atoms with Gasteiger partial charge in [-0.15, -0.1) is 22.9 Å². The molecule has 13 heavy (non-hydrogen) atoms. The van der Waals surface area contributed by atoms with Crippen molar-refractivity contribution >= 4 is 28.8 Å². The van der Waals surface area contributed by atoms with Crippen molar-refractivity contribution < 1.29 is 4.79 Å². The van der Waals surface area contributed by atoms with E-state index in [1.54, 1.807) is 11.3 Å². The predicted molar refractivity (Wildman–Crippen MR) is 54.6 cm³/mol. The summed E-state index contributed by atoms with van der Waals surface area (Å²) in [5.74, 6) is 0.661. The molecule has 4 heteroatoms. The zero-order valence-electron chi connectivity index (χ0n) is 7.12. The molecule has 1 aliphatic heterocycles. The fourth-order valence-corrected chi connectivity index (χ4v) is 2.61. The van der Waals surface area contributed by atoms with Gasteiger partial charge in [-0.2, -0.15) is 0 Å². The molecule has 0 saturated heterocycles. The van der Waals surface area contributed by atoms with Crippen molar-refractivity contribution in [1.29, 1.82) is 0 Å². The fraction of sp³-hybridized carbons (Fsp3) is 0.444. The van der Waals surface area contributed by atoms with E-state index in [1.807, 2.05) is 16.3 Å². The highest BCUT2D eigenvalue weighted by Crippen LogP contribution is 2.23. The Kier molecular flexibility index (Phi) is 2.56. The molecular weight excluding hydrogens is 206 g/mol. The van der Waals surface area contributed by atoms with Gasteiger partial charge in [-0.3, -0.25) is 4.79 Å². The smallest absolute Gasteiger partial charge is 0.255 e. The third-order valence-electron chi connectivity index (χ3n) is 2.23. The first-order valence-electron chi connectivity index (χ1n) is 4.24. The number of nitrogens with zero attached hydrogens (tertiary/aromatic N) is 1. The topological polar surface area (TPSA) is 20.3 Å². The van der Waals surface area contributed by atoms with Crippen molar-refractivity contribution in [3.63, 3.8) is 0 Å². The SMILES string of the molecule is O=C1c2ccsc2CCN1CCCl. The van der Waals surface area contributed by atoms with Gasteiger partial charge < -0.3 is 4.90 Å². The van der Waals surface area contributed by atoms with Crippen molar-refractivity contribution in [2.75, 3.05) is 19.0 Å². The molecule has 1 amide bonds. The number of fused-ring (bicyclic) bond motifs is 1. The number of hydrogen-bond acceptors (Lipinski definition) is 2. The third kappa shape index (κ3) is 1.58. The van der Waals surface area contributed by atoms with Crippen molar-refractivity contribution in [3.8, 4) is 0 Å². The number of thiophene rings is 1. The van der Waals surface area contributed by atoms with Crippen LogP contribution >= 0.6 is 22.9 Å². The summed E-state index contributed by atoms with van der Waals surface area (Å²) >= 11 is 7.28. The molecule has 0 fully saturated rings. The van der Waals surface area contributed by atoms with Crippen LogP contribution < -0.4 is 0 Å². The standard InChI is InChI=1S/C9H10ClNOS/c10-3-5-11-4-1-8-7(9(11)12)2-6-13-8/h2,6H,1,3-5H2. The lowest BCUT2D eigenvalue weighted by Crippen LogP contribution is -2.37. The summed E-state index contributed by atoms with van der Waals surface area (Å²) in [6, 6.07) is 1.91. The molecule has 0 spiro atoms. The maximum absolute atomic E-state index is 11.7. The van der Waals surface area contributed by atoms with E-state index in [0.29, 0.717) is 12.4 Å². The second-order valence-corrected chi connectivity index (χ2v) is 4.37. The molecule has 0 unspecified atom stereocenters. The van der Waals surface area contributed by atoms with Gasteiger partial charge in [0.15, 0.2) is 0 Å². The highest BCUT2D eigenvalue weighted by atomic mass is 35.5. The van der Waals surface area contributed by atoms with Crippen LogP contribution in [0.25, 0.3) is 0 Å². The minimum absolute atomic E-state index is 0.142. The van der Waals surface area contributed by atoms with Crippen LogP contribution in [0, 0.1) is 0 Å². The summed E-state index contributed by atoms with van der Waals surface area (Å²) in [4.78, 5) is 14.8. The van der Waals surface area contributed by atoms with Crippen molar-refractivity contribution in [2.45, 2.75) is 6.42 Å². The first kappa shape index (κ1) is 9.03. The van der Waals surface area contributed by atoms with Gasteiger partial charge in [0.2, 0.25) is 0 Å². The number of carbonyl (C=O) groups is 1. The Morgan fingerprint density at radius 1 is 1.62 bits per heavy atom. The van der Waals surface area contributed by atoms with E-state index in [0.717, 1.165) is 18.5 Å². The van der Waals surface area contributed by atoms with Crippen LogP contribution in [0.15, 0.2) is 11.4 Å². The molecule has 2 heterocycles. The highest BCUT2D eigenvalue weighted by Gasteiger charge is 2.24.